The van der Waals surface area contributed by atoms with Gasteiger partial charge in [0.25, 0.3) is 6.01 Å². The van der Waals surface area contributed by atoms with Crippen LogP contribution in [0.4, 0.5) is 4.39 Å². The Bertz CT molecular complexity index is 1620. The van der Waals surface area contributed by atoms with E-state index < -0.39 is 17.8 Å². The van der Waals surface area contributed by atoms with E-state index in [0.29, 0.717) is 33.5 Å². The molecule has 0 atom stereocenters. The third-order valence-electron chi connectivity index (χ3n) is 5.86. The van der Waals surface area contributed by atoms with E-state index in [0.717, 1.165) is 11.1 Å². The summed E-state index contributed by atoms with van der Waals surface area (Å²) in [7, 11) is 0. The van der Waals surface area contributed by atoms with Crippen molar-refractivity contribution in [1.82, 2.24) is 9.97 Å². The SMILES string of the molecule is Cc1ccc(Oc2nc3cc(-c4ccc(-c5ccc(C(=O)O)cc5)cc4)c(F)cc3[nH]2)cc1C(=O)O. The zero-order valence-electron chi connectivity index (χ0n) is 18.9. The molecule has 8 heteroatoms. The molecular formula is C28H19FN2O5. The number of rotatable bonds is 6. The van der Waals surface area contributed by atoms with E-state index >= 15 is 0 Å². The Balaban J connectivity index is 1.42. The molecule has 0 saturated heterocycles. The Labute approximate surface area is 204 Å². The van der Waals surface area contributed by atoms with Crippen molar-refractivity contribution in [2.45, 2.75) is 6.92 Å². The van der Waals surface area contributed by atoms with Crippen molar-refractivity contribution < 1.29 is 28.9 Å². The number of aromatic carboxylic acids is 2. The van der Waals surface area contributed by atoms with E-state index in [1.54, 1.807) is 49.4 Å². The Morgan fingerprint density at radius 1 is 0.833 bits per heavy atom. The van der Waals surface area contributed by atoms with Crippen molar-refractivity contribution >= 4 is 23.0 Å². The van der Waals surface area contributed by atoms with Gasteiger partial charge in [-0.2, -0.15) is 4.98 Å². The van der Waals surface area contributed by atoms with Gasteiger partial charge in [0.1, 0.15) is 11.6 Å². The minimum Gasteiger partial charge on any atom is -0.478 e. The zero-order valence-corrected chi connectivity index (χ0v) is 18.9. The van der Waals surface area contributed by atoms with E-state index in [-0.39, 0.29) is 17.1 Å². The van der Waals surface area contributed by atoms with Crippen LogP contribution in [-0.4, -0.2) is 32.1 Å². The van der Waals surface area contributed by atoms with Crippen LogP contribution >= 0.6 is 0 Å². The van der Waals surface area contributed by atoms with Crippen LogP contribution in [0.1, 0.15) is 26.3 Å². The highest BCUT2D eigenvalue weighted by molar-refractivity contribution is 5.90. The first kappa shape index (κ1) is 22.8. The number of aromatic nitrogens is 2. The summed E-state index contributed by atoms with van der Waals surface area (Å²) >= 11 is 0. The third kappa shape index (κ3) is 4.39. The second kappa shape index (κ2) is 8.99. The normalized spacial score (nSPS) is 10.9. The highest BCUT2D eigenvalue weighted by atomic mass is 19.1. The lowest BCUT2D eigenvalue weighted by molar-refractivity contribution is 0.0685. The molecule has 0 aliphatic heterocycles. The molecule has 5 rings (SSSR count). The summed E-state index contributed by atoms with van der Waals surface area (Å²) in [6.45, 7) is 1.69. The molecule has 0 spiro atoms. The van der Waals surface area contributed by atoms with Gasteiger partial charge in [0.2, 0.25) is 0 Å². The van der Waals surface area contributed by atoms with Gasteiger partial charge in [-0.15, -0.1) is 0 Å². The fraction of sp³-hybridized carbons (Fsp3) is 0.0357. The van der Waals surface area contributed by atoms with Crippen molar-refractivity contribution in [2.24, 2.45) is 0 Å². The predicted molar refractivity (Wildman–Crippen MR) is 132 cm³/mol. The minimum atomic E-state index is -1.06. The first-order valence-electron chi connectivity index (χ1n) is 10.9. The number of carbonyl (C=O) groups is 2. The molecule has 0 fully saturated rings. The number of hydrogen-bond acceptors (Lipinski definition) is 4. The van der Waals surface area contributed by atoms with Gasteiger partial charge in [0.15, 0.2) is 0 Å². The highest BCUT2D eigenvalue weighted by Crippen LogP contribution is 2.31. The van der Waals surface area contributed by atoms with Crippen LogP contribution in [0, 0.1) is 12.7 Å². The first-order valence-corrected chi connectivity index (χ1v) is 10.9. The number of nitrogens with zero attached hydrogens (tertiary/aromatic N) is 1. The van der Waals surface area contributed by atoms with Crippen molar-refractivity contribution in [3.8, 4) is 34.0 Å². The number of carboxylic acid groups (broad SMARTS) is 2. The lowest BCUT2D eigenvalue weighted by Gasteiger charge is -2.07. The molecule has 0 unspecified atom stereocenters. The molecule has 36 heavy (non-hydrogen) atoms. The molecule has 3 N–H and O–H groups in total. The Morgan fingerprint density at radius 3 is 2.11 bits per heavy atom. The quantitative estimate of drug-likeness (QED) is 0.254. The smallest absolute Gasteiger partial charge is 0.336 e. The molecule has 5 aromatic rings. The van der Waals surface area contributed by atoms with Gasteiger partial charge in [0.05, 0.1) is 22.2 Å². The fourth-order valence-electron chi connectivity index (χ4n) is 3.93. The van der Waals surface area contributed by atoms with Crippen LogP contribution in [-0.2, 0) is 0 Å². The summed E-state index contributed by atoms with van der Waals surface area (Å²) in [4.78, 5) is 29.7. The average Bonchev–Trinajstić information content (AvgIpc) is 3.25. The number of halogens is 1. The third-order valence-corrected chi connectivity index (χ3v) is 5.86. The van der Waals surface area contributed by atoms with Crippen molar-refractivity contribution in [3.05, 3.63) is 101 Å². The number of nitrogens with one attached hydrogen (secondary N) is 1. The molecule has 4 aromatic carbocycles. The summed E-state index contributed by atoms with van der Waals surface area (Å²) in [5.74, 6) is -2.19. The van der Waals surface area contributed by atoms with Gasteiger partial charge < -0.3 is 19.9 Å². The van der Waals surface area contributed by atoms with Crippen molar-refractivity contribution in [3.63, 3.8) is 0 Å². The number of H-pyrrole nitrogens is 1. The molecule has 0 radical (unpaired) electrons. The van der Waals surface area contributed by atoms with Crippen molar-refractivity contribution in [2.75, 3.05) is 0 Å². The standard InChI is InChI=1S/C28H19FN2O5/c1-15-2-11-20(12-21(15)27(34)35)36-28-30-24-13-22(23(29)14-25(24)31-28)18-7-3-16(4-8-18)17-5-9-19(10-6-17)26(32)33/h2-14H,1H3,(H,30,31)(H,32,33)(H,34,35). The lowest BCUT2D eigenvalue weighted by Crippen LogP contribution is -2.00. The number of fused-ring (bicyclic) bond motifs is 1. The zero-order chi connectivity index (χ0) is 25.4. The van der Waals surface area contributed by atoms with Crippen LogP contribution in [0.2, 0.25) is 0 Å². The van der Waals surface area contributed by atoms with Gasteiger partial charge in [-0.05, 0) is 59.5 Å². The summed E-state index contributed by atoms with van der Waals surface area (Å²) < 4.78 is 20.7. The average molecular weight is 482 g/mol. The maximum Gasteiger partial charge on any atom is 0.336 e. The molecule has 0 aliphatic carbocycles. The van der Waals surface area contributed by atoms with Gasteiger partial charge in [-0.3, -0.25) is 0 Å². The number of aryl methyl sites for hydroxylation is 1. The van der Waals surface area contributed by atoms with Gasteiger partial charge in [-0.25, -0.2) is 14.0 Å². The summed E-state index contributed by atoms with van der Waals surface area (Å²) in [5, 5.41) is 18.4. The van der Waals surface area contributed by atoms with Crippen LogP contribution in [0.15, 0.2) is 78.9 Å². The summed E-state index contributed by atoms with van der Waals surface area (Å²) in [6, 6.07) is 21.5. The lowest BCUT2D eigenvalue weighted by atomic mass is 9.99. The molecule has 1 heterocycles. The summed E-state index contributed by atoms with van der Waals surface area (Å²) in [6.07, 6.45) is 0. The van der Waals surface area contributed by atoms with Crippen LogP contribution in [0.3, 0.4) is 0 Å². The second-order valence-corrected chi connectivity index (χ2v) is 8.23. The Morgan fingerprint density at radius 2 is 1.47 bits per heavy atom. The molecule has 0 aliphatic rings. The molecule has 0 amide bonds. The van der Waals surface area contributed by atoms with E-state index in [4.69, 9.17) is 9.84 Å². The molecule has 0 bridgehead atoms. The number of aromatic amines is 1. The first-order chi connectivity index (χ1) is 17.3. The van der Waals surface area contributed by atoms with Crippen LogP contribution in [0.5, 0.6) is 11.8 Å². The van der Waals surface area contributed by atoms with E-state index in [9.17, 15) is 19.1 Å². The Kier molecular flexibility index (Phi) is 5.69. The van der Waals surface area contributed by atoms with E-state index in [2.05, 4.69) is 9.97 Å². The second-order valence-electron chi connectivity index (χ2n) is 8.23. The molecule has 0 saturated carbocycles. The molecular weight excluding hydrogens is 463 g/mol. The maximum absolute atomic E-state index is 15.0. The Hall–Kier alpha value is -4.98. The molecule has 1 aromatic heterocycles. The fourth-order valence-corrected chi connectivity index (χ4v) is 3.93. The topological polar surface area (TPSA) is 113 Å². The molecule has 178 valence electrons. The number of hydrogen-bond donors (Lipinski definition) is 3. The predicted octanol–water partition coefficient (Wildman–Crippen LogP) is 6.53. The van der Waals surface area contributed by atoms with E-state index in [1.165, 1.54) is 24.3 Å². The number of benzene rings is 4. The highest BCUT2D eigenvalue weighted by Gasteiger charge is 2.14. The minimum absolute atomic E-state index is 0.113. The monoisotopic (exact) mass is 482 g/mol. The van der Waals surface area contributed by atoms with Gasteiger partial charge >= 0.3 is 11.9 Å². The number of ether oxygens (including phenoxy) is 1. The summed E-state index contributed by atoms with van der Waals surface area (Å²) in [5.41, 5.74) is 4.58. The number of carboxylic acids is 2. The van der Waals surface area contributed by atoms with Crippen LogP contribution < -0.4 is 4.74 Å². The maximum atomic E-state index is 15.0. The van der Waals surface area contributed by atoms with Crippen molar-refractivity contribution in [1.29, 1.82) is 0 Å². The van der Waals surface area contributed by atoms with E-state index in [1.807, 2.05) is 12.1 Å². The number of imidazole rings is 1. The molecule has 7 nitrogen and oxygen atoms in total. The van der Waals surface area contributed by atoms with Gasteiger partial charge in [0, 0.05) is 11.6 Å². The van der Waals surface area contributed by atoms with Gasteiger partial charge in [-0.1, -0.05) is 42.5 Å². The largest absolute Gasteiger partial charge is 0.478 e. The van der Waals surface area contributed by atoms with Crippen LogP contribution in [0.25, 0.3) is 33.3 Å².